The molecule has 0 unspecified atom stereocenters. The van der Waals surface area contributed by atoms with Crippen molar-refractivity contribution in [2.45, 2.75) is 50.4 Å². The first-order valence-corrected chi connectivity index (χ1v) is 9.94. The van der Waals surface area contributed by atoms with Crippen molar-refractivity contribution in [3.05, 3.63) is 35.6 Å². The molecule has 1 saturated heterocycles. The average Bonchev–Trinajstić information content (AvgIpc) is 3.15. The summed E-state index contributed by atoms with van der Waals surface area (Å²) in [6, 6.07) is 6.50. The van der Waals surface area contributed by atoms with Crippen molar-refractivity contribution in [1.29, 1.82) is 0 Å². The van der Waals surface area contributed by atoms with Gasteiger partial charge in [0.25, 0.3) is 0 Å². The first-order chi connectivity index (χ1) is 12.6. The molecule has 4 rings (SSSR count). The number of benzene rings is 1. The second-order valence-electron chi connectivity index (χ2n) is 8.04. The molecule has 26 heavy (non-hydrogen) atoms. The minimum absolute atomic E-state index is 0.113. The van der Waals surface area contributed by atoms with Crippen molar-refractivity contribution in [2.75, 3.05) is 26.2 Å². The molecule has 0 N–H and O–H groups in total. The lowest BCUT2D eigenvalue weighted by molar-refractivity contribution is -0.147. The highest BCUT2D eigenvalue weighted by atomic mass is 19.1. The van der Waals surface area contributed by atoms with Gasteiger partial charge in [-0.25, -0.2) is 4.39 Å². The van der Waals surface area contributed by atoms with Crippen LogP contribution in [0.25, 0.3) is 0 Å². The van der Waals surface area contributed by atoms with E-state index in [0.717, 1.165) is 50.5 Å². The van der Waals surface area contributed by atoms with E-state index in [1.54, 1.807) is 6.07 Å². The number of nitrogens with zero attached hydrogens (tertiary/aromatic N) is 2. The summed E-state index contributed by atoms with van der Waals surface area (Å²) in [7, 11) is 0. The molecule has 0 spiro atoms. The number of piperazine rings is 1. The highest BCUT2D eigenvalue weighted by Gasteiger charge is 2.48. The third-order valence-corrected chi connectivity index (χ3v) is 6.58. The summed E-state index contributed by atoms with van der Waals surface area (Å²) >= 11 is 0. The SMILES string of the molecule is O=C(C1CCCC1)N1CCN(C(=O)C2(c3cccc(F)c3)CCC2)CC1. The highest BCUT2D eigenvalue weighted by Crippen LogP contribution is 2.45. The van der Waals surface area contributed by atoms with Gasteiger partial charge in [-0.05, 0) is 43.4 Å². The second-order valence-corrected chi connectivity index (χ2v) is 8.04. The number of carbonyl (C=O) groups is 2. The minimum Gasteiger partial charge on any atom is -0.339 e. The summed E-state index contributed by atoms with van der Waals surface area (Å²) in [6.45, 7) is 2.43. The number of amides is 2. The lowest BCUT2D eigenvalue weighted by atomic mass is 9.63. The number of hydrogen-bond donors (Lipinski definition) is 0. The molecule has 2 amide bonds. The van der Waals surface area contributed by atoms with Crippen LogP contribution in [0.3, 0.4) is 0 Å². The van der Waals surface area contributed by atoms with Crippen LogP contribution in [0.15, 0.2) is 24.3 Å². The Morgan fingerprint density at radius 1 is 0.962 bits per heavy atom. The molecule has 4 nitrogen and oxygen atoms in total. The maximum Gasteiger partial charge on any atom is 0.233 e. The van der Waals surface area contributed by atoms with Gasteiger partial charge in [0.1, 0.15) is 5.82 Å². The van der Waals surface area contributed by atoms with Crippen LogP contribution in [0.1, 0.15) is 50.5 Å². The zero-order chi connectivity index (χ0) is 18.1. The van der Waals surface area contributed by atoms with Gasteiger partial charge in [-0.3, -0.25) is 9.59 Å². The fraction of sp³-hybridized carbons (Fsp3) is 0.619. The summed E-state index contributed by atoms with van der Waals surface area (Å²) in [6.07, 6.45) is 6.92. The summed E-state index contributed by atoms with van der Waals surface area (Å²) in [5.74, 6) is 0.302. The Bertz CT molecular complexity index is 687. The standard InChI is InChI=1S/C21H27FN2O2/c22-18-8-3-7-17(15-18)21(9-4-10-21)20(26)24-13-11-23(12-14-24)19(25)16-5-1-2-6-16/h3,7-8,15-16H,1-2,4-6,9-14H2. The number of halogens is 1. The van der Waals surface area contributed by atoms with Crippen LogP contribution in [-0.4, -0.2) is 47.8 Å². The Hall–Kier alpha value is -1.91. The van der Waals surface area contributed by atoms with E-state index in [0.29, 0.717) is 26.2 Å². The predicted octanol–water partition coefficient (Wildman–Crippen LogP) is 3.11. The molecule has 1 aromatic carbocycles. The van der Waals surface area contributed by atoms with Crippen molar-refractivity contribution in [3.63, 3.8) is 0 Å². The molecule has 0 radical (unpaired) electrons. The van der Waals surface area contributed by atoms with Crippen molar-refractivity contribution < 1.29 is 14.0 Å². The van der Waals surface area contributed by atoms with Gasteiger partial charge in [-0.15, -0.1) is 0 Å². The van der Waals surface area contributed by atoms with Gasteiger partial charge < -0.3 is 9.80 Å². The Morgan fingerprint density at radius 3 is 2.19 bits per heavy atom. The topological polar surface area (TPSA) is 40.6 Å². The molecule has 3 aliphatic rings. The Morgan fingerprint density at radius 2 is 1.62 bits per heavy atom. The molecular weight excluding hydrogens is 331 g/mol. The summed E-state index contributed by atoms with van der Waals surface area (Å²) in [4.78, 5) is 29.7. The van der Waals surface area contributed by atoms with Gasteiger partial charge in [0.15, 0.2) is 0 Å². The van der Waals surface area contributed by atoms with Crippen molar-refractivity contribution in [2.24, 2.45) is 5.92 Å². The smallest absolute Gasteiger partial charge is 0.233 e. The predicted molar refractivity (Wildman–Crippen MR) is 97.0 cm³/mol. The molecule has 1 aromatic rings. The fourth-order valence-corrected chi connectivity index (χ4v) is 4.81. The van der Waals surface area contributed by atoms with Gasteiger partial charge in [0.2, 0.25) is 11.8 Å². The van der Waals surface area contributed by atoms with Gasteiger partial charge in [0, 0.05) is 32.1 Å². The maximum absolute atomic E-state index is 13.7. The van der Waals surface area contributed by atoms with E-state index in [1.165, 1.54) is 12.1 Å². The van der Waals surface area contributed by atoms with E-state index >= 15 is 0 Å². The van der Waals surface area contributed by atoms with Crippen LogP contribution in [-0.2, 0) is 15.0 Å². The maximum atomic E-state index is 13.7. The van der Waals surface area contributed by atoms with Crippen LogP contribution >= 0.6 is 0 Å². The van der Waals surface area contributed by atoms with Crippen molar-refractivity contribution >= 4 is 11.8 Å². The number of carbonyl (C=O) groups excluding carboxylic acids is 2. The Labute approximate surface area is 154 Å². The molecule has 0 aromatic heterocycles. The van der Waals surface area contributed by atoms with Gasteiger partial charge in [-0.2, -0.15) is 0 Å². The molecule has 3 fully saturated rings. The minimum atomic E-state index is -0.556. The third-order valence-electron chi connectivity index (χ3n) is 6.58. The number of rotatable bonds is 3. The molecule has 140 valence electrons. The van der Waals surface area contributed by atoms with E-state index in [2.05, 4.69) is 0 Å². The monoisotopic (exact) mass is 358 g/mol. The van der Waals surface area contributed by atoms with Crippen LogP contribution in [0.2, 0.25) is 0 Å². The van der Waals surface area contributed by atoms with Crippen LogP contribution < -0.4 is 0 Å². The molecule has 0 bridgehead atoms. The van der Waals surface area contributed by atoms with E-state index < -0.39 is 5.41 Å². The first-order valence-electron chi connectivity index (χ1n) is 9.94. The molecule has 1 heterocycles. The molecule has 5 heteroatoms. The Kier molecular flexibility index (Phi) is 4.72. The Balaban J connectivity index is 1.42. The summed E-state index contributed by atoms with van der Waals surface area (Å²) < 4.78 is 13.7. The van der Waals surface area contributed by atoms with Gasteiger partial charge >= 0.3 is 0 Å². The van der Waals surface area contributed by atoms with Crippen LogP contribution in [0.5, 0.6) is 0 Å². The van der Waals surface area contributed by atoms with Gasteiger partial charge in [-0.1, -0.05) is 31.4 Å². The lowest BCUT2D eigenvalue weighted by Gasteiger charge is -2.46. The summed E-state index contributed by atoms with van der Waals surface area (Å²) in [5.41, 5.74) is 0.248. The van der Waals surface area contributed by atoms with Crippen molar-refractivity contribution in [3.8, 4) is 0 Å². The average molecular weight is 358 g/mol. The van der Waals surface area contributed by atoms with E-state index in [4.69, 9.17) is 0 Å². The van der Waals surface area contributed by atoms with Crippen LogP contribution in [0.4, 0.5) is 4.39 Å². The largest absolute Gasteiger partial charge is 0.339 e. The fourth-order valence-electron chi connectivity index (χ4n) is 4.81. The van der Waals surface area contributed by atoms with E-state index in [-0.39, 0.29) is 23.5 Å². The van der Waals surface area contributed by atoms with E-state index in [9.17, 15) is 14.0 Å². The molecule has 0 atom stereocenters. The molecular formula is C21H27FN2O2. The van der Waals surface area contributed by atoms with E-state index in [1.807, 2.05) is 15.9 Å². The quantitative estimate of drug-likeness (QED) is 0.833. The molecule has 1 aliphatic heterocycles. The normalized spacial score (nSPS) is 23.0. The highest BCUT2D eigenvalue weighted by molar-refractivity contribution is 5.89. The molecule has 2 aliphatic carbocycles. The number of hydrogen-bond acceptors (Lipinski definition) is 2. The summed E-state index contributed by atoms with van der Waals surface area (Å²) in [5, 5.41) is 0. The molecule has 2 saturated carbocycles. The zero-order valence-electron chi connectivity index (χ0n) is 15.3. The van der Waals surface area contributed by atoms with Crippen molar-refractivity contribution in [1.82, 2.24) is 9.80 Å². The third kappa shape index (κ3) is 3.01. The van der Waals surface area contributed by atoms with Crippen LogP contribution in [0, 0.1) is 11.7 Å². The van der Waals surface area contributed by atoms with Gasteiger partial charge in [0.05, 0.1) is 5.41 Å². The lowest BCUT2D eigenvalue weighted by Crippen LogP contribution is -2.57. The second kappa shape index (κ2) is 7.01. The zero-order valence-corrected chi connectivity index (χ0v) is 15.3. The first kappa shape index (κ1) is 17.5.